The van der Waals surface area contributed by atoms with Gasteiger partial charge in [-0.15, -0.1) is 0 Å². The Hall–Kier alpha value is -12.5. The van der Waals surface area contributed by atoms with Crippen LogP contribution in [0.1, 0.15) is 151 Å². The van der Waals surface area contributed by atoms with Crippen molar-refractivity contribution in [3.63, 3.8) is 0 Å². The van der Waals surface area contributed by atoms with Crippen molar-refractivity contribution in [3.05, 3.63) is 391 Å². The largest absolute Gasteiger partial charge is 0.456 e. The van der Waals surface area contributed by atoms with Crippen molar-refractivity contribution in [3.8, 4) is 33.4 Å². The first-order valence-electron chi connectivity index (χ1n) is 49.0. The van der Waals surface area contributed by atoms with Gasteiger partial charge in [0.05, 0.1) is 6.85 Å². The van der Waals surface area contributed by atoms with E-state index >= 15 is 0 Å². The Kier molecular flexibility index (Phi) is 16.4. The summed E-state index contributed by atoms with van der Waals surface area (Å²) in [5.41, 5.74) is 28.8. The first kappa shape index (κ1) is 70.7. The van der Waals surface area contributed by atoms with E-state index in [1.165, 1.54) is 196 Å². The molecule has 0 amide bonds. The van der Waals surface area contributed by atoms with Gasteiger partial charge in [0.25, 0.3) is 0 Å². The van der Waals surface area contributed by atoms with E-state index in [2.05, 4.69) is 301 Å². The van der Waals surface area contributed by atoms with Crippen LogP contribution in [0.15, 0.2) is 362 Å². The summed E-state index contributed by atoms with van der Waals surface area (Å²) >= 11 is 0. The molecule has 12 saturated carbocycles. The van der Waals surface area contributed by atoms with E-state index in [0.29, 0.717) is 11.8 Å². The van der Waals surface area contributed by atoms with Gasteiger partial charge >= 0.3 is 0 Å². The minimum atomic E-state index is -0.376. The molecule has 0 atom stereocenters. The SMILES string of the molecule is C.C.[2H]c1c([2H])c([2H])c(N(c2ccccc2)c2ccc3c(c2)-c2ccccc2C32C3CC4CC(C3)CC2C4)c([2H])c1[2H].c1ccc2c(c1)-c1cc(N(c3ccc4ccccc4c3)c3ccc4c(c3)oc3ccccc34)ccc1C21C2CC3CC(C2)CC1C3.c1ccc2c(c1)-c1cc(N(c3ccc4ccccc4c3)c3ccc4ccccc4c3)ccc1C21C2CC3CC(C2)CC1C3. The molecule has 16 aromatic carbocycles. The molecule has 0 N–H and O–H groups in total. The third-order valence-electron chi connectivity index (χ3n) is 33.7. The highest BCUT2D eigenvalue weighted by Gasteiger charge is 2.65. The van der Waals surface area contributed by atoms with Crippen molar-refractivity contribution in [2.24, 2.45) is 71.0 Å². The highest BCUT2D eigenvalue weighted by Crippen LogP contribution is 2.74. The number of para-hydroxylation sites is 3. The van der Waals surface area contributed by atoms with Gasteiger partial charge in [0, 0.05) is 84.3 Å². The van der Waals surface area contributed by atoms with Crippen LogP contribution in [0.3, 0.4) is 0 Å². The fourth-order valence-electron chi connectivity index (χ4n) is 29.9. The van der Waals surface area contributed by atoms with Crippen LogP contribution < -0.4 is 14.7 Å². The number of furan rings is 1. The smallest absolute Gasteiger partial charge is 0.137 e. The summed E-state index contributed by atoms with van der Waals surface area (Å²) in [5, 5.41) is 9.91. The second-order valence-electron chi connectivity index (χ2n) is 39.5. The summed E-state index contributed by atoms with van der Waals surface area (Å²) in [6.45, 7) is 0. The molecular formula is C122H109N3O. The molecule has 15 aliphatic rings. The van der Waals surface area contributed by atoms with E-state index < -0.39 is 0 Å². The van der Waals surface area contributed by atoms with Crippen LogP contribution >= 0.6 is 0 Å². The first-order chi connectivity index (χ1) is 63.4. The van der Waals surface area contributed by atoms with Crippen molar-refractivity contribution < 1.29 is 11.3 Å². The van der Waals surface area contributed by atoms with E-state index in [-0.39, 0.29) is 67.0 Å². The number of anilines is 9. The zero-order valence-corrected chi connectivity index (χ0v) is 70.0. The van der Waals surface area contributed by atoms with Gasteiger partial charge in [0.15, 0.2) is 0 Å². The second kappa shape index (κ2) is 29.3. The molecule has 4 nitrogen and oxygen atoms in total. The quantitative estimate of drug-likeness (QED) is 0.144. The maximum atomic E-state index is 8.78. The van der Waals surface area contributed by atoms with Crippen LogP contribution in [0.2, 0.25) is 0 Å². The molecule has 15 aliphatic carbocycles. The molecule has 3 spiro atoms. The van der Waals surface area contributed by atoms with Crippen LogP contribution in [0.5, 0.6) is 0 Å². The summed E-state index contributed by atoms with van der Waals surface area (Å²) < 4.78 is 48.8. The average Bonchev–Trinajstić information content (AvgIpc) is 1.55. The number of hydrogen-bond acceptors (Lipinski definition) is 4. The number of nitrogens with zero attached hydrogens (tertiary/aromatic N) is 3. The molecule has 17 aromatic rings. The number of benzene rings is 16. The van der Waals surface area contributed by atoms with Crippen molar-refractivity contribution in [1.82, 2.24) is 0 Å². The standard InChI is InChI=1S/C44H35NO.C42H35N.C34H31N.2CH4/c1-2-8-30-24-33(14-13-29(30)7-1)45(35-15-17-38-37-10-4-6-12-42(37)46-43(38)26-35)34-16-18-41-39(25-34)36-9-3-5-11-40(36)44(41)31-20-27-19-28(22-31)23-32(44)21-27;1-3-9-31-24-35(15-13-29(31)7-1)43(36-16-14-30-8-2-4-10-32(30)25-36)37-17-18-41-39(26-37)38-11-5-6-12-40(38)42(41)33-20-27-19-28(22-33)23-34(42)21-27;1-3-9-27(10-4-1)35(28-11-5-2-6-12-28)29-15-16-33-31(22-29)30-13-7-8-14-32(30)34(33)25-18-23-17-24(20-25)21-26(34)19-23;;/h1-18,24-28,31-32H,19-23H2;1-18,24-28,33-34H,19-23H2;1-16,22-26H,17-21H2;2*1H4/i;;1D,3D,4D,9D,10D;;. The van der Waals surface area contributed by atoms with Crippen molar-refractivity contribution in [1.29, 1.82) is 0 Å². The van der Waals surface area contributed by atoms with Gasteiger partial charge in [-0.1, -0.05) is 251 Å². The lowest BCUT2D eigenvalue weighted by Crippen LogP contribution is -2.55. The first-order valence-corrected chi connectivity index (χ1v) is 46.5. The topological polar surface area (TPSA) is 22.9 Å². The molecule has 0 unspecified atom stereocenters. The van der Waals surface area contributed by atoms with Gasteiger partial charge in [0.2, 0.25) is 0 Å². The Labute approximate surface area is 749 Å². The van der Waals surface area contributed by atoms with Crippen LogP contribution in [-0.2, 0) is 16.2 Å². The van der Waals surface area contributed by atoms with Gasteiger partial charge in [-0.25, -0.2) is 0 Å². The minimum absolute atomic E-state index is 0. The molecule has 126 heavy (non-hydrogen) atoms. The molecule has 0 radical (unpaired) electrons. The fraction of sp³-hybridized carbons (Fsp3) is 0.262. The lowest BCUT2D eigenvalue weighted by atomic mass is 9.43. The normalized spacial score (nSPS) is 26.9. The molecule has 4 heteroatoms. The Morgan fingerprint density at radius 3 is 0.889 bits per heavy atom. The molecule has 0 saturated heterocycles. The average molecular weight is 1640 g/mol. The zero-order chi connectivity index (χ0) is 85.4. The maximum absolute atomic E-state index is 8.78. The van der Waals surface area contributed by atoms with Crippen LogP contribution in [0.4, 0.5) is 51.2 Å². The predicted molar refractivity (Wildman–Crippen MR) is 526 cm³/mol. The van der Waals surface area contributed by atoms with Crippen LogP contribution in [0.25, 0.3) is 87.6 Å². The molecule has 1 aromatic heterocycles. The summed E-state index contributed by atoms with van der Waals surface area (Å²) in [6.07, 6.45) is 21.0. The van der Waals surface area contributed by atoms with E-state index in [0.717, 1.165) is 104 Å². The van der Waals surface area contributed by atoms with Crippen molar-refractivity contribution in [2.45, 2.75) is 127 Å². The summed E-state index contributed by atoms with van der Waals surface area (Å²) in [4.78, 5) is 6.75. The van der Waals surface area contributed by atoms with Crippen LogP contribution in [0, 0.1) is 71.0 Å². The Morgan fingerprint density at radius 2 is 0.500 bits per heavy atom. The van der Waals surface area contributed by atoms with Crippen molar-refractivity contribution in [2.75, 3.05) is 14.7 Å². The summed E-state index contributed by atoms with van der Waals surface area (Å²) in [7, 11) is 0. The van der Waals surface area contributed by atoms with Crippen molar-refractivity contribution >= 4 is 105 Å². The summed E-state index contributed by atoms with van der Waals surface area (Å²) in [6, 6.07) is 119. The molecule has 1 heterocycles. The molecule has 12 bridgehead atoms. The third-order valence-corrected chi connectivity index (χ3v) is 33.7. The lowest BCUT2D eigenvalue weighted by Gasteiger charge is -2.61. The van der Waals surface area contributed by atoms with Gasteiger partial charge < -0.3 is 19.1 Å². The zero-order valence-electron chi connectivity index (χ0n) is 75.0. The van der Waals surface area contributed by atoms with E-state index in [4.69, 9.17) is 11.3 Å². The maximum Gasteiger partial charge on any atom is 0.137 e. The van der Waals surface area contributed by atoms with E-state index in [9.17, 15) is 0 Å². The lowest BCUT2D eigenvalue weighted by molar-refractivity contribution is -0.0399. The van der Waals surface area contributed by atoms with Gasteiger partial charge in [-0.05, 0) is 382 Å². The second-order valence-corrected chi connectivity index (χ2v) is 39.5. The highest BCUT2D eigenvalue weighted by molar-refractivity contribution is 6.07. The molecule has 618 valence electrons. The van der Waals surface area contributed by atoms with E-state index in [1.807, 2.05) is 41.3 Å². The minimum Gasteiger partial charge on any atom is -0.456 e. The summed E-state index contributed by atoms with van der Waals surface area (Å²) in [5.74, 6) is 10.0. The molecule has 32 rings (SSSR count). The number of hydrogen-bond donors (Lipinski definition) is 0. The van der Waals surface area contributed by atoms with Crippen LogP contribution in [-0.4, -0.2) is 0 Å². The number of fused-ring (bicyclic) bond motifs is 15. The fourth-order valence-corrected chi connectivity index (χ4v) is 29.9. The predicted octanol–water partition coefficient (Wildman–Crippen LogP) is 33.3. The Bertz CT molecular complexity index is 7320. The Morgan fingerprint density at radius 1 is 0.214 bits per heavy atom. The Balaban J connectivity index is 0.000000105. The monoisotopic (exact) mass is 1640 g/mol. The third kappa shape index (κ3) is 11.3. The van der Waals surface area contributed by atoms with E-state index in [1.54, 1.807) is 22.3 Å². The molecule has 0 aliphatic heterocycles. The van der Waals surface area contributed by atoms with Gasteiger partial charge in [-0.2, -0.15) is 0 Å². The highest BCUT2D eigenvalue weighted by atomic mass is 16.3. The number of rotatable bonds is 9. The molecule has 12 fully saturated rings. The van der Waals surface area contributed by atoms with Gasteiger partial charge in [-0.3, -0.25) is 0 Å². The molecular weight excluding hydrogens is 1520 g/mol. The van der Waals surface area contributed by atoms with Gasteiger partial charge in [0.1, 0.15) is 11.2 Å².